The molecule has 2 heterocycles. The van der Waals surface area contributed by atoms with Gasteiger partial charge in [-0.3, -0.25) is 23.2 Å². The highest BCUT2D eigenvalue weighted by Crippen LogP contribution is 2.60. The number of aromatic nitrogens is 2. The summed E-state index contributed by atoms with van der Waals surface area (Å²) in [6, 6.07) is 1.24. The Bertz CT molecular complexity index is 1810. The van der Waals surface area contributed by atoms with Gasteiger partial charge in [-0.1, -0.05) is 114 Å². The van der Waals surface area contributed by atoms with Crippen molar-refractivity contribution in [2.45, 2.75) is 166 Å². The molecule has 2 unspecified atom stereocenters. The van der Waals surface area contributed by atoms with Gasteiger partial charge in [-0.25, -0.2) is 13.9 Å². The number of allylic oxidation sites excluding steroid dienone is 8. The maximum Gasteiger partial charge on any atom is 0.481 e. The van der Waals surface area contributed by atoms with Gasteiger partial charge in [-0.05, 0) is 69.8 Å². The molecule has 1 aromatic heterocycles. The summed E-state index contributed by atoms with van der Waals surface area (Å²) >= 11 is 0. The molecule has 0 aliphatic carbocycles. The lowest BCUT2D eigenvalue weighted by molar-refractivity contribution is -0.161. The molecule has 7 N–H and O–H groups in total. The lowest BCUT2D eigenvalue weighted by atomic mass is 10.0. The third-order valence-corrected chi connectivity index (χ3v) is 12.8. The zero-order valence-corrected chi connectivity index (χ0v) is 40.4. The van der Waals surface area contributed by atoms with Gasteiger partial charge in [-0.15, -0.1) is 0 Å². The molecule has 376 valence electrons. The van der Waals surface area contributed by atoms with Crippen molar-refractivity contribution in [3.8, 4) is 0 Å². The molecule has 1 aliphatic rings. The second kappa shape index (κ2) is 34.0. The Morgan fingerprint density at radius 3 is 1.95 bits per heavy atom. The van der Waals surface area contributed by atoms with E-state index in [0.29, 0.717) is 25.2 Å². The van der Waals surface area contributed by atoms with E-state index in [-0.39, 0.29) is 25.3 Å². The van der Waals surface area contributed by atoms with Crippen molar-refractivity contribution in [1.82, 2.24) is 9.55 Å². The van der Waals surface area contributed by atoms with Gasteiger partial charge in [0.1, 0.15) is 30.7 Å². The van der Waals surface area contributed by atoms with E-state index < -0.39 is 83.7 Å². The third-order valence-electron chi connectivity index (χ3n) is 10.1. The van der Waals surface area contributed by atoms with Crippen LogP contribution >= 0.6 is 15.6 Å². The van der Waals surface area contributed by atoms with E-state index in [0.717, 1.165) is 87.8 Å². The largest absolute Gasteiger partial charge is 0.481 e. The Labute approximate surface area is 389 Å². The normalized spacial score (nSPS) is 20.2. The summed E-state index contributed by atoms with van der Waals surface area (Å²) in [5, 5.41) is 29.7. The molecule has 19 nitrogen and oxygen atoms in total. The molecule has 0 bridgehead atoms. The van der Waals surface area contributed by atoms with Gasteiger partial charge in [0.2, 0.25) is 0 Å². The number of aliphatic hydroxyl groups excluding tert-OH is 3. The molecule has 0 spiro atoms. The fraction of sp³-hybridized carbons (Fsp3) is 0.689. The first-order chi connectivity index (χ1) is 31.5. The monoisotopic (exact) mass is 975 g/mol. The van der Waals surface area contributed by atoms with E-state index in [1.54, 1.807) is 0 Å². The number of nitrogens with two attached hydrogens (primary N) is 1. The Morgan fingerprint density at radius 2 is 1.33 bits per heavy atom. The van der Waals surface area contributed by atoms with Crippen LogP contribution in [0.1, 0.15) is 142 Å². The molecular formula is C45H75N3O16P2. The van der Waals surface area contributed by atoms with Crippen molar-refractivity contribution < 1.29 is 71.4 Å². The number of ether oxygens (including phenoxy) is 3. The Kier molecular flexibility index (Phi) is 30.3. The molecule has 0 amide bonds. The number of nitrogen functional groups attached to an aromatic ring is 1. The SMILES string of the molecule is CC(C)CCCCCCCCCC(=O)O[C@H](COC(=O)CCC/C=C\C/C=C\C/C=C\C/C=C\CCCCCO)COP(=O)(O)OP(=O)(O)OC[C@H]1O[C@@H](n2ccc(N)nc2=O)[C@H](O)[C@@H]1O. The summed E-state index contributed by atoms with van der Waals surface area (Å²) in [5.41, 5.74) is 4.57. The average molecular weight is 976 g/mol. The van der Waals surface area contributed by atoms with Crippen LogP contribution in [0.3, 0.4) is 0 Å². The van der Waals surface area contributed by atoms with Gasteiger partial charge < -0.3 is 45.1 Å². The number of aliphatic hydroxyl groups is 3. The quantitative estimate of drug-likeness (QED) is 0.0163. The molecule has 1 saturated heterocycles. The second-order valence-corrected chi connectivity index (χ2v) is 19.5. The molecule has 21 heteroatoms. The average Bonchev–Trinajstić information content (AvgIpc) is 3.53. The number of phosphoric acid groups is 2. The van der Waals surface area contributed by atoms with Crippen LogP contribution in [0.15, 0.2) is 65.7 Å². The van der Waals surface area contributed by atoms with Crippen LogP contribution in [-0.2, 0) is 46.3 Å². The summed E-state index contributed by atoms with van der Waals surface area (Å²) in [6.07, 6.45) is 25.5. The van der Waals surface area contributed by atoms with E-state index in [2.05, 4.69) is 59.6 Å². The van der Waals surface area contributed by atoms with Gasteiger partial charge in [0, 0.05) is 25.6 Å². The highest BCUT2D eigenvalue weighted by Gasteiger charge is 2.46. The van der Waals surface area contributed by atoms with Crippen molar-refractivity contribution in [3.63, 3.8) is 0 Å². The van der Waals surface area contributed by atoms with Crippen LogP contribution in [0.4, 0.5) is 5.82 Å². The van der Waals surface area contributed by atoms with Crippen molar-refractivity contribution in [2.24, 2.45) is 5.92 Å². The summed E-state index contributed by atoms with van der Waals surface area (Å²) in [6.45, 7) is 2.28. The van der Waals surface area contributed by atoms with Crippen LogP contribution in [0, 0.1) is 5.92 Å². The number of esters is 2. The number of phosphoric ester groups is 2. The van der Waals surface area contributed by atoms with Gasteiger partial charge in [0.05, 0.1) is 13.2 Å². The van der Waals surface area contributed by atoms with E-state index in [1.165, 1.54) is 18.9 Å². The highest BCUT2D eigenvalue weighted by atomic mass is 31.3. The van der Waals surface area contributed by atoms with Crippen LogP contribution in [0.25, 0.3) is 0 Å². The first-order valence-corrected chi connectivity index (χ1v) is 26.1. The molecule has 0 saturated carbocycles. The van der Waals surface area contributed by atoms with Gasteiger partial charge in [0.25, 0.3) is 0 Å². The fourth-order valence-corrected chi connectivity index (χ4v) is 8.64. The number of carbonyl (C=O) groups is 2. The Hall–Kier alpha value is -3.32. The number of anilines is 1. The van der Waals surface area contributed by atoms with Crippen molar-refractivity contribution in [1.29, 1.82) is 0 Å². The number of hydrogen-bond acceptors (Lipinski definition) is 16. The number of carbonyl (C=O) groups excluding carboxylic acids is 2. The predicted molar refractivity (Wildman–Crippen MR) is 249 cm³/mol. The summed E-state index contributed by atoms with van der Waals surface area (Å²) < 4.78 is 56.5. The molecule has 0 radical (unpaired) electrons. The van der Waals surface area contributed by atoms with E-state index in [9.17, 15) is 43.5 Å². The van der Waals surface area contributed by atoms with E-state index >= 15 is 0 Å². The summed E-state index contributed by atoms with van der Waals surface area (Å²) in [7, 11) is -10.9. The maximum absolute atomic E-state index is 12.8. The van der Waals surface area contributed by atoms with Crippen LogP contribution < -0.4 is 11.4 Å². The fourth-order valence-electron chi connectivity index (χ4n) is 6.53. The van der Waals surface area contributed by atoms with E-state index in [1.807, 2.05) is 12.2 Å². The van der Waals surface area contributed by atoms with E-state index in [4.69, 9.17) is 34.1 Å². The molecule has 1 aromatic rings. The molecule has 2 rings (SSSR count). The standard InChI is InChI=1S/C45H75N3O16P2/c1-36(2)27-23-19-15-14-17-21-25-29-41(51)62-37(33-59-40(50)28-24-20-16-12-10-8-6-4-3-5-7-9-11-13-18-22-26-32-49)34-60-65(55,56)64-66(57,58)61-35-38-42(52)43(53)44(63-38)48-31-30-39(46)47-45(48)54/h3,5-6,8-9,11-12,16,30-31,36-38,42-44,49,52-53H,4,7,10,13-15,17-29,32-35H2,1-2H3,(H,55,56)(H,57,58)(H2,46,47,54)/b5-3-,8-6-,11-9-,16-12-/t37-,38-,42-,43-,44-/m1/s1. The Morgan fingerprint density at radius 1 is 0.773 bits per heavy atom. The lowest BCUT2D eigenvalue weighted by Gasteiger charge is -2.21. The molecule has 0 aromatic carbocycles. The summed E-state index contributed by atoms with van der Waals surface area (Å²) in [4.78, 5) is 61.6. The topological polar surface area (TPSA) is 286 Å². The molecule has 1 fully saturated rings. The first-order valence-electron chi connectivity index (χ1n) is 23.1. The van der Waals surface area contributed by atoms with Gasteiger partial charge in [0.15, 0.2) is 12.3 Å². The minimum absolute atomic E-state index is 0.0302. The molecule has 7 atom stereocenters. The van der Waals surface area contributed by atoms with Crippen molar-refractivity contribution in [2.75, 3.05) is 32.2 Å². The Balaban J connectivity index is 1.83. The number of rotatable bonds is 37. The zero-order valence-electron chi connectivity index (χ0n) is 38.6. The van der Waals surface area contributed by atoms with Crippen LogP contribution in [0.5, 0.6) is 0 Å². The first kappa shape index (κ1) is 58.8. The van der Waals surface area contributed by atoms with Gasteiger partial charge in [-0.2, -0.15) is 9.29 Å². The number of nitrogens with zero attached hydrogens (tertiary/aromatic N) is 2. The number of unbranched alkanes of at least 4 members (excludes halogenated alkanes) is 10. The van der Waals surface area contributed by atoms with Crippen LogP contribution in [-0.4, -0.2) is 97.4 Å². The molecule has 1 aliphatic heterocycles. The maximum atomic E-state index is 12.8. The van der Waals surface area contributed by atoms with Gasteiger partial charge >= 0.3 is 33.3 Å². The highest BCUT2D eigenvalue weighted by molar-refractivity contribution is 7.61. The predicted octanol–water partition coefficient (Wildman–Crippen LogP) is 7.44. The zero-order chi connectivity index (χ0) is 48.6. The third kappa shape index (κ3) is 27.5. The minimum atomic E-state index is -5.43. The smallest absolute Gasteiger partial charge is 0.462 e. The minimum Gasteiger partial charge on any atom is -0.462 e. The second-order valence-electron chi connectivity index (χ2n) is 16.5. The summed E-state index contributed by atoms with van der Waals surface area (Å²) in [5.74, 6) is -0.708. The molecular weight excluding hydrogens is 900 g/mol. The number of hydrogen-bond donors (Lipinski definition) is 6. The van der Waals surface area contributed by atoms with Crippen molar-refractivity contribution in [3.05, 3.63) is 71.4 Å². The van der Waals surface area contributed by atoms with Crippen molar-refractivity contribution >= 4 is 33.4 Å². The van der Waals surface area contributed by atoms with Crippen LogP contribution in [0.2, 0.25) is 0 Å². The molecule has 66 heavy (non-hydrogen) atoms. The lowest BCUT2D eigenvalue weighted by Crippen LogP contribution is -2.36.